The molecular weight excluding hydrogens is 675 g/mol. The number of hydrogen-bond donors (Lipinski definition) is 2. The summed E-state index contributed by atoms with van der Waals surface area (Å²) < 4.78 is 86.6. The van der Waals surface area contributed by atoms with Crippen LogP contribution in [0, 0.1) is 0 Å². The van der Waals surface area contributed by atoms with Gasteiger partial charge in [-0.1, -0.05) is 76.2 Å². The second kappa shape index (κ2) is 15.4. The number of halogens is 6. The molecule has 13 heteroatoms. The van der Waals surface area contributed by atoms with Gasteiger partial charge in [0.1, 0.15) is 11.0 Å². The van der Waals surface area contributed by atoms with Crippen LogP contribution in [0.3, 0.4) is 0 Å². The van der Waals surface area contributed by atoms with Crippen molar-refractivity contribution in [2.24, 2.45) is 0 Å². The van der Waals surface area contributed by atoms with Gasteiger partial charge in [0.25, 0.3) is 0 Å². The van der Waals surface area contributed by atoms with Gasteiger partial charge < -0.3 is 11.5 Å². The normalized spacial score (nSPS) is 10.5. The van der Waals surface area contributed by atoms with E-state index in [0.717, 1.165) is 31.2 Å². The van der Waals surface area contributed by atoms with E-state index in [1.807, 2.05) is 52.0 Å². The predicted octanol–water partition coefficient (Wildman–Crippen LogP) is 12.8. The molecule has 3 heterocycles. The summed E-state index contributed by atoms with van der Waals surface area (Å²) in [6.07, 6.45) is -4.75. The van der Waals surface area contributed by atoms with Crippen molar-refractivity contribution in [2.75, 3.05) is 11.5 Å². The molecule has 0 saturated heterocycles. The molecule has 244 valence electrons. The molecule has 3 aromatic heterocycles. The number of rotatable bonds is 6. The highest BCUT2D eigenvalue weighted by molar-refractivity contribution is 7.19. The van der Waals surface area contributed by atoms with Crippen LogP contribution in [0.2, 0.25) is 0 Å². The van der Waals surface area contributed by atoms with Crippen LogP contribution in [-0.4, -0.2) is 8.75 Å². The van der Waals surface area contributed by atoms with Gasteiger partial charge in [0.15, 0.2) is 11.7 Å². The van der Waals surface area contributed by atoms with E-state index in [2.05, 4.69) is 8.75 Å². The molecule has 0 saturated carbocycles. The van der Waals surface area contributed by atoms with E-state index in [1.54, 1.807) is 24.3 Å². The van der Waals surface area contributed by atoms with Crippen molar-refractivity contribution < 1.29 is 26.3 Å². The van der Waals surface area contributed by atoms with E-state index in [0.29, 0.717) is 44.7 Å². The van der Waals surface area contributed by atoms with Crippen molar-refractivity contribution in [2.45, 2.75) is 27.7 Å². The Balaban J connectivity index is 0.00000120. The molecule has 0 bridgehead atoms. The van der Waals surface area contributed by atoms with Gasteiger partial charge in [-0.25, -0.2) is 8.78 Å². The molecule has 4 nitrogen and oxygen atoms in total. The molecule has 0 aliphatic carbocycles. The molecule has 0 spiro atoms. The van der Waals surface area contributed by atoms with Crippen LogP contribution in [0.15, 0.2) is 85.0 Å². The van der Waals surface area contributed by atoms with Crippen LogP contribution in [0.25, 0.3) is 64.4 Å². The van der Waals surface area contributed by atoms with Crippen molar-refractivity contribution >= 4 is 68.5 Å². The number of anilines is 2. The SMILES string of the molecule is CC.CC.Nc1c(N)c(-c2ccc(-c3ccc(C(F)=C(F)F)cc3)s2)c2nsnc2c1-c1ccc(-c2ccc(C(F)=C(F)F)cc2)s1. The van der Waals surface area contributed by atoms with E-state index in [4.69, 9.17) is 11.5 Å². The number of benzene rings is 3. The van der Waals surface area contributed by atoms with Crippen LogP contribution in [0.4, 0.5) is 37.7 Å². The number of nitrogens with two attached hydrogens (primary N) is 2. The highest BCUT2D eigenvalue weighted by Gasteiger charge is 2.24. The lowest BCUT2D eigenvalue weighted by Crippen LogP contribution is -2.00. The average molecular weight is 703 g/mol. The highest BCUT2D eigenvalue weighted by Crippen LogP contribution is 2.49. The molecule has 6 rings (SSSR count). The van der Waals surface area contributed by atoms with Crippen LogP contribution in [-0.2, 0) is 0 Å². The first-order valence-electron chi connectivity index (χ1n) is 14.3. The summed E-state index contributed by atoms with van der Waals surface area (Å²) in [5, 5.41) is 0. The number of fused-ring (bicyclic) bond motifs is 1. The van der Waals surface area contributed by atoms with Crippen LogP contribution >= 0.6 is 34.4 Å². The summed E-state index contributed by atoms with van der Waals surface area (Å²) in [6, 6.07) is 18.8. The lowest BCUT2D eigenvalue weighted by atomic mass is 10.0. The van der Waals surface area contributed by atoms with Crippen LogP contribution in [0.1, 0.15) is 38.8 Å². The zero-order valence-electron chi connectivity index (χ0n) is 25.5. The predicted molar refractivity (Wildman–Crippen MR) is 187 cm³/mol. The fraction of sp³-hybridized carbons (Fsp3) is 0.118. The Morgan fingerprint density at radius 3 is 1.13 bits per heavy atom. The van der Waals surface area contributed by atoms with Gasteiger partial charge in [-0.15, -0.1) is 22.7 Å². The van der Waals surface area contributed by atoms with Crippen molar-refractivity contribution in [1.82, 2.24) is 8.75 Å². The number of thiophene rings is 2. The standard InChI is InChI=1S/C30H16F6N4S3.2C2H6/c31-23(29(33)34)15-5-1-13(2-6-15)17-9-11-19(41-17)21-25(37)26(38)22(28-27(21)39-43-40-28)20-12-10-18(42-20)14-3-7-16(8-4-14)24(32)30(35)36;2*1-2/h1-12H,37-38H2;2*1-2H3. The van der Waals surface area contributed by atoms with Gasteiger partial charge in [0, 0.05) is 41.8 Å². The maximum atomic E-state index is 13.6. The van der Waals surface area contributed by atoms with Crippen molar-refractivity contribution in [3.8, 4) is 41.8 Å². The summed E-state index contributed by atoms with van der Waals surface area (Å²) in [7, 11) is 0. The third kappa shape index (κ3) is 7.11. The van der Waals surface area contributed by atoms with Gasteiger partial charge in [0.05, 0.1) is 23.1 Å². The summed E-state index contributed by atoms with van der Waals surface area (Å²) in [5.41, 5.74) is 17.1. The molecule has 0 fully saturated rings. The highest BCUT2D eigenvalue weighted by atomic mass is 32.1. The van der Waals surface area contributed by atoms with Crippen LogP contribution < -0.4 is 11.5 Å². The van der Waals surface area contributed by atoms with Gasteiger partial charge in [-0.3, -0.25) is 0 Å². The summed E-state index contributed by atoms with van der Waals surface area (Å²) in [5.74, 6) is -3.12. The van der Waals surface area contributed by atoms with Crippen molar-refractivity contribution in [3.63, 3.8) is 0 Å². The Kier molecular flexibility index (Phi) is 11.6. The molecule has 0 amide bonds. The topological polar surface area (TPSA) is 77.8 Å². The Morgan fingerprint density at radius 1 is 0.489 bits per heavy atom. The number of hydrogen-bond acceptors (Lipinski definition) is 7. The molecular formula is C34H28F6N4S3. The molecule has 6 aromatic rings. The van der Waals surface area contributed by atoms with E-state index in [1.165, 1.54) is 46.9 Å². The summed E-state index contributed by atoms with van der Waals surface area (Å²) >= 11 is 3.77. The number of nitrogen functional groups attached to an aromatic ring is 2. The first kappa shape index (κ1) is 35.4. The Hall–Kier alpha value is -4.46. The average Bonchev–Trinajstić information content (AvgIpc) is 3.89. The third-order valence-electron chi connectivity index (χ3n) is 6.67. The fourth-order valence-corrected chi connectivity index (χ4v) is 7.28. The van der Waals surface area contributed by atoms with Crippen molar-refractivity contribution in [3.05, 3.63) is 96.1 Å². The maximum Gasteiger partial charge on any atom is 0.306 e. The van der Waals surface area contributed by atoms with E-state index >= 15 is 0 Å². The quantitative estimate of drug-likeness (QED) is 0.134. The van der Waals surface area contributed by atoms with E-state index < -0.39 is 23.8 Å². The molecule has 0 aliphatic heterocycles. The number of nitrogens with zero attached hydrogens (tertiary/aromatic N) is 2. The van der Waals surface area contributed by atoms with E-state index in [-0.39, 0.29) is 11.1 Å². The summed E-state index contributed by atoms with van der Waals surface area (Å²) in [4.78, 5) is 3.10. The van der Waals surface area contributed by atoms with Gasteiger partial charge in [-0.05, 0) is 35.4 Å². The molecule has 0 atom stereocenters. The van der Waals surface area contributed by atoms with E-state index in [9.17, 15) is 26.3 Å². The summed E-state index contributed by atoms with van der Waals surface area (Å²) in [6.45, 7) is 8.00. The molecule has 3 aromatic carbocycles. The van der Waals surface area contributed by atoms with Crippen LogP contribution in [0.5, 0.6) is 0 Å². The van der Waals surface area contributed by atoms with Crippen molar-refractivity contribution in [1.29, 1.82) is 0 Å². The molecule has 0 radical (unpaired) electrons. The first-order chi connectivity index (χ1) is 22.6. The Bertz CT molecular complexity index is 1910. The molecule has 0 aliphatic rings. The first-order valence-corrected chi connectivity index (χ1v) is 16.7. The third-order valence-corrected chi connectivity index (χ3v) is 9.51. The molecule has 47 heavy (non-hydrogen) atoms. The zero-order valence-corrected chi connectivity index (χ0v) is 27.9. The minimum atomic E-state index is -2.38. The second-order valence-electron chi connectivity index (χ2n) is 9.17. The lowest BCUT2D eigenvalue weighted by Gasteiger charge is -2.12. The fourth-order valence-electron chi connectivity index (χ4n) is 4.57. The monoisotopic (exact) mass is 702 g/mol. The van der Waals surface area contributed by atoms with Gasteiger partial charge in [-0.2, -0.15) is 26.3 Å². The molecule has 4 N–H and O–H groups in total. The minimum absolute atomic E-state index is 0.213. The Morgan fingerprint density at radius 2 is 0.809 bits per heavy atom. The molecule has 0 unspecified atom stereocenters. The van der Waals surface area contributed by atoms with Gasteiger partial charge >= 0.3 is 12.2 Å². The lowest BCUT2D eigenvalue weighted by molar-refractivity contribution is 0.410. The number of aromatic nitrogens is 2. The van der Waals surface area contributed by atoms with Gasteiger partial charge in [0.2, 0.25) is 0 Å². The Labute approximate surface area is 279 Å². The minimum Gasteiger partial charge on any atom is -0.396 e. The second-order valence-corrected chi connectivity index (χ2v) is 11.9. The smallest absolute Gasteiger partial charge is 0.306 e. The zero-order chi connectivity index (χ0) is 34.4. The maximum absolute atomic E-state index is 13.6. The largest absolute Gasteiger partial charge is 0.396 e.